The maximum Gasteiger partial charge on any atom is 0.255 e. The van der Waals surface area contributed by atoms with Gasteiger partial charge in [0.15, 0.2) is 5.65 Å². The van der Waals surface area contributed by atoms with Gasteiger partial charge in [0.2, 0.25) is 5.95 Å². The van der Waals surface area contributed by atoms with Crippen LogP contribution in [-0.4, -0.2) is 56.7 Å². The molecule has 2 N–H and O–H groups in total. The fourth-order valence-corrected chi connectivity index (χ4v) is 3.61. The number of nitrogens with two attached hydrogens (primary N) is 1. The van der Waals surface area contributed by atoms with E-state index in [0.717, 1.165) is 5.39 Å². The number of carbonyl (C=O) groups excluding carboxylic acids is 1. The van der Waals surface area contributed by atoms with Crippen molar-refractivity contribution in [1.82, 2.24) is 24.6 Å². The maximum atomic E-state index is 12.7. The molecule has 140 valence electrons. The summed E-state index contributed by atoms with van der Waals surface area (Å²) in [4.78, 5) is 25.5. The van der Waals surface area contributed by atoms with E-state index < -0.39 is 0 Å². The third-order valence-electron chi connectivity index (χ3n) is 4.62. The van der Waals surface area contributed by atoms with Crippen molar-refractivity contribution in [2.45, 2.75) is 0 Å². The molecule has 1 aliphatic rings. The first-order valence-corrected chi connectivity index (χ1v) is 9.14. The molecule has 1 fully saturated rings. The molecule has 10 heteroatoms. The molecule has 8 nitrogen and oxygen atoms in total. The van der Waals surface area contributed by atoms with E-state index in [4.69, 9.17) is 28.9 Å². The van der Waals surface area contributed by atoms with E-state index in [1.807, 2.05) is 11.9 Å². The Bertz CT molecular complexity index is 1030. The number of hydrogen-bond donors (Lipinski definition) is 1. The highest BCUT2D eigenvalue weighted by atomic mass is 35.5. The highest BCUT2D eigenvalue weighted by Gasteiger charge is 2.25. The van der Waals surface area contributed by atoms with Gasteiger partial charge >= 0.3 is 0 Å². The van der Waals surface area contributed by atoms with Gasteiger partial charge in [0, 0.05) is 38.2 Å². The molecule has 0 radical (unpaired) electrons. The lowest BCUT2D eigenvalue weighted by Crippen LogP contribution is -2.49. The molecule has 0 atom stereocenters. The molecule has 3 heterocycles. The molecule has 4 rings (SSSR count). The number of aromatic nitrogens is 4. The summed E-state index contributed by atoms with van der Waals surface area (Å²) in [5, 5.41) is 5.75. The van der Waals surface area contributed by atoms with Gasteiger partial charge in [0.05, 0.1) is 22.2 Å². The molecule has 0 saturated carbocycles. The van der Waals surface area contributed by atoms with E-state index in [1.165, 1.54) is 0 Å². The third kappa shape index (κ3) is 3.26. The highest BCUT2D eigenvalue weighted by Crippen LogP contribution is 2.24. The highest BCUT2D eigenvalue weighted by molar-refractivity contribution is 6.36. The zero-order valence-corrected chi connectivity index (χ0v) is 16.1. The first kappa shape index (κ1) is 17.8. The van der Waals surface area contributed by atoms with Gasteiger partial charge in [-0.25, -0.2) is 0 Å². The largest absolute Gasteiger partial charge is 0.383 e. The number of amides is 1. The normalized spacial score (nSPS) is 14.8. The van der Waals surface area contributed by atoms with Crippen LogP contribution in [0, 0.1) is 0 Å². The maximum absolute atomic E-state index is 12.7. The number of nitrogens with zero attached hydrogens (tertiary/aromatic N) is 6. The van der Waals surface area contributed by atoms with Crippen molar-refractivity contribution in [2.75, 3.05) is 36.8 Å². The molecular formula is C17H17Cl2N7O. The van der Waals surface area contributed by atoms with Crippen molar-refractivity contribution in [2.24, 2.45) is 7.05 Å². The second kappa shape index (κ2) is 6.86. The van der Waals surface area contributed by atoms with Crippen LogP contribution in [0.15, 0.2) is 24.4 Å². The van der Waals surface area contributed by atoms with Crippen LogP contribution in [0.4, 0.5) is 11.8 Å². The smallest absolute Gasteiger partial charge is 0.255 e. The number of piperazine rings is 1. The molecule has 3 aromatic rings. The zero-order valence-electron chi connectivity index (χ0n) is 14.6. The summed E-state index contributed by atoms with van der Waals surface area (Å²) >= 11 is 12.1. The second-order valence-electron chi connectivity index (χ2n) is 6.32. The molecule has 0 spiro atoms. The summed E-state index contributed by atoms with van der Waals surface area (Å²) in [6.07, 6.45) is 1.65. The summed E-state index contributed by atoms with van der Waals surface area (Å²) < 4.78 is 1.67. The van der Waals surface area contributed by atoms with E-state index in [1.54, 1.807) is 34.0 Å². The van der Waals surface area contributed by atoms with E-state index in [0.29, 0.717) is 59.2 Å². The van der Waals surface area contributed by atoms with Gasteiger partial charge < -0.3 is 15.5 Å². The predicted molar refractivity (Wildman–Crippen MR) is 105 cm³/mol. The molecular weight excluding hydrogens is 389 g/mol. The van der Waals surface area contributed by atoms with E-state index in [-0.39, 0.29) is 5.91 Å². The zero-order chi connectivity index (χ0) is 19.1. The van der Waals surface area contributed by atoms with Gasteiger partial charge in [-0.3, -0.25) is 9.48 Å². The van der Waals surface area contributed by atoms with Crippen molar-refractivity contribution < 1.29 is 4.79 Å². The quantitative estimate of drug-likeness (QED) is 0.702. The van der Waals surface area contributed by atoms with Crippen LogP contribution in [-0.2, 0) is 7.05 Å². The lowest BCUT2D eigenvalue weighted by Gasteiger charge is -2.35. The molecule has 27 heavy (non-hydrogen) atoms. The van der Waals surface area contributed by atoms with Crippen molar-refractivity contribution in [3.8, 4) is 0 Å². The Kier molecular flexibility index (Phi) is 4.53. The molecule has 0 unspecified atom stereocenters. The summed E-state index contributed by atoms with van der Waals surface area (Å²) in [6, 6.07) is 4.89. The molecule has 2 aromatic heterocycles. The number of rotatable bonds is 2. The van der Waals surface area contributed by atoms with E-state index in [2.05, 4.69) is 15.1 Å². The van der Waals surface area contributed by atoms with Crippen LogP contribution in [0.3, 0.4) is 0 Å². The number of aryl methyl sites for hydroxylation is 1. The topological polar surface area (TPSA) is 93.2 Å². The van der Waals surface area contributed by atoms with Crippen LogP contribution in [0.5, 0.6) is 0 Å². The molecule has 1 saturated heterocycles. The van der Waals surface area contributed by atoms with Gasteiger partial charge in [-0.2, -0.15) is 15.1 Å². The molecule has 1 aromatic carbocycles. The molecule has 1 amide bonds. The minimum Gasteiger partial charge on any atom is -0.383 e. The Morgan fingerprint density at radius 2 is 1.89 bits per heavy atom. The van der Waals surface area contributed by atoms with Crippen LogP contribution >= 0.6 is 23.2 Å². The standard InChI is InChI=1S/C17H17Cl2N7O/c1-24-15-12(9-21-24)14(20)22-17(23-15)26-6-4-25(5-7-26)16(27)11-3-2-10(18)8-13(11)19/h2-3,8-9H,4-7H2,1H3,(H2,20,22,23). The predicted octanol–water partition coefficient (Wildman–Crippen LogP) is 2.21. The number of carbonyl (C=O) groups is 1. The monoisotopic (exact) mass is 405 g/mol. The second-order valence-corrected chi connectivity index (χ2v) is 7.16. The number of anilines is 2. The number of benzene rings is 1. The fourth-order valence-electron chi connectivity index (χ4n) is 3.12. The summed E-state index contributed by atoms with van der Waals surface area (Å²) in [5.41, 5.74) is 7.17. The number of halogens is 2. The van der Waals surface area contributed by atoms with Crippen LogP contribution in [0.1, 0.15) is 10.4 Å². The Labute approximate surface area is 165 Å². The SMILES string of the molecule is Cn1ncc2c(N)nc(N3CCN(C(=O)c4ccc(Cl)cc4Cl)CC3)nc21. The van der Waals surface area contributed by atoms with E-state index >= 15 is 0 Å². The van der Waals surface area contributed by atoms with Crippen molar-refractivity contribution >= 4 is 51.9 Å². The van der Waals surface area contributed by atoms with E-state index in [9.17, 15) is 4.79 Å². The first-order valence-electron chi connectivity index (χ1n) is 8.38. The third-order valence-corrected chi connectivity index (χ3v) is 5.17. The minimum absolute atomic E-state index is 0.112. The van der Waals surface area contributed by atoms with Crippen LogP contribution in [0.25, 0.3) is 11.0 Å². The lowest BCUT2D eigenvalue weighted by molar-refractivity contribution is 0.0746. The molecule has 0 aliphatic carbocycles. The van der Waals surface area contributed by atoms with Crippen molar-refractivity contribution in [3.05, 3.63) is 40.0 Å². The number of nitrogen functional groups attached to an aromatic ring is 1. The summed E-state index contributed by atoms with van der Waals surface area (Å²) in [7, 11) is 1.81. The first-order chi connectivity index (χ1) is 12.9. The van der Waals surface area contributed by atoms with Gasteiger partial charge in [-0.15, -0.1) is 0 Å². The fraction of sp³-hybridized carbons (Fsp3) is 0.294. The minimum atomic E-state index is -0.112. The lowest BCUT2D eigenvalue weighted by atomic mass is 10.2. The number of hydrogen-bond acceptors (Lipinski definition) is 6. The Hall–Kier alpha value is -2.58. The van der Waals surface area contributed by atoms with Crippen molar-refractivity contribution in [3.63, 3.8) is 0 Å². The van der Waals surface area contributed by atoms with Gasteiger partial charge in [0.25, 0.3) is 5.91 Å². The summed E-state index contributed by atoms with van der Waals surface area (Å²) in [6.45, 7) is 2.26. The van der Waals surface area contributed by atoms with Crippen LogP contribution < -0.4 is 10.6 Å². The summed E-state index contributed by atoms with van der Waals surface area (Å²) in [5.74, 6) is 0.827. The Morgan fingerprint density at radius 1 is 1.15 bits per heavy atom. The average molecular weight is 406 g/mol. The average Bonchev–Trinajstić information content (AvgIpc) is 3.03. The molecule has 0 bridgehead atoms. The van der Waals surface area contributed by atoms with Gasteiger partial charge in [0.1, 0.15) is 5.82 Å². The van der Waals surface area contributed by atoms with Gasteiger partial charge in [-0.05, 0) is 18.2 Å². The molecule has 1 aliphatic heterocycles. The number of fused-ring (bicyclic) bond motifs is 1. The Balaban J connectivity index is 1.50. The van der Waals surface area contributed by atoms with Gasteiger partial charge in [-0.1, -0.05) is 23.2 Å². The Morgan fingerprint density at radius 3 is 2.59 bits per heavy atom. The van der Waals surface area contributed by atoms with Crippen molar-refractivity contribution in [1.29, 1.82) is 0 Å². The van der Waals surface area contributed by atoms with Crippen LogP contribution in [0.2, 0.25) is 10.0 Å².